The normalized spacial score (nSPS) is 14.0. The number of nitrogens with two attached hydrogens (primary N) is 1. The summed E-state index contributed by atoms with van der Waals surface area (Å²) in [7, 11) is 0. The predicted molar refractivity (Wildman–Crippen MR) is 79.1 cm³/mol. The Balaban J connectivity index is 3.45. The number of carbonyl (C=O) groups excluding carboxylic acids is 1. The smallest absolute Gasteiger partial charge is 0.313 e. The van der Waals surface area contributed by atoms with E-state index in [0.29, 0.717) is 6.42 Å². The van der Waals surface area contributed by atoms with Crippen molar-refractivity contribution in [2.75, 3.05) is 0 Å². The van der Waals surface area contributed by atoms with Gasteiger partial charge in [0.1, 0.15) is 5.37 Å². The lowest BCUT2D eigenvalue weighted by Crippen LogP contribution is -2.41. The molecule has 0 aliphatic heterocycles. The molecular weight excluding hydrogens is 264 g/mol. The third-order valence-corrected chi connectivity index (χ3v) is 3.96. The summed E-state index contributed by atoms with van der Waals surface area (Å²) in [5.74, 6) is 0. The number of hydrogen-bond donors (Lipinski definition) is 3. The van der Waals surface area contributed by atoms with Crippen LogP contribution in [0.1, 0.15) is 71.1 Å². The quantitative estimate of drug-likeness (QED) is 0.381. The van der Waals surface area contributed by atoms with Gasteiger partial charge < -0.3 is 15.6 Å². The number of carbonyl (C=O) groups is 1. The van der Waals surface area contributed by atoms with Crippen LogP contribution in [0.3, 0.4) is 0 Å². The molecule has 0 bridgehead atoms. The van der Waals surface area contributed by atoms with Gasteiger partial charge in [-0.2, -0.15) is 0 Å². The van der Waals surface area contributed by atoms with Crippen molar-refractivity contribution in [2.45, 2.75) is 76.5 Å². The molecule has 4 N–H and O–H groups in total. The Morgan fingerprint density at radius 2 is 1.58 bits per heavy atom. The highest BCUT2D eigenvalue weighted by atomic mass is 32.2. The van der Waals surface area contributed by atoms with Crippen molar-refractivity contribution in [3.8, 4) is 0 Å². The summed E-state index contributed by atoms with van der Waals surface area (Å²) in [5.41, 5.74) is 4.95. The summed E-state index contributed by atoms with van der Waals surface area (Å²) in [4.78, 5) is 10.6. The molecule has 0 heterocycles. The van der Waals surface area contributed by atoms with Crippen LogP contribution >= 0.6 is 0 Å². The van der Waals surface area contributed by atoms with Crippen LogP contribution in [-0.4, -0.2) is 20.2 Å². The summed E-state index contributed by atoms with van der Waals surface area (Å²) >= 11 is -2.05. The van der Waals surface area contributed by atoms with Crippen molar-refractivity contribution >= 4 is 17.1 Å². The number of rotatable bonds is 12. The van der Waals surface area contributed by atoms with E-state index < -0.39 is 22.5 Å². The number of unbranched alkanes of at least 4 members (excludes halogenated alkanes) is 8. The van der Waals surface area contributed by atoms with Crippen LogP contribution in [0.2, 0.25) is 0 Å². The Labute approximate surface area is 119 Å². The molecule has 2 amide bonds. The largest absolute Gasteiger partial charge is 0.352 e. The number of amides is 2. The van der Waals surface area contributed by atoms with E-state index in [9.17, 15) is 9.00 Å². The zero-order chi connectivity index (χ0) is 14.5. The molecule has 114 valence electrons. The van der Waals surface area contributed by atoms with Gasteiger partial charge in [-0.15, -0.1) is 0 Å². The topological polar surface area (TPSA) is 92.4 Å². The average Bonchev–Trinajstić information content (AvgIpc) is 2.34. The van der Waals surface area contributed by atoms with Crippen molar-refractivity contribution in [3.05, 3.63) is 0 Å². The minimum Gasteiger partial charge on any atom is -0.352 e. The van der Waals surface area contributed by atoms with Crippen molar-refractivity contribution in [1.29, 1.82) is 0 Å². The minimum absolute atomic E-state index is 0.502. The Hall–Kier alpha value is -0.620. The summed E-state index contributed by atoms with van der Waals surface area (Å²) in [6.45, 7) is 2.21. The van der Waals surface area contributed by atoms with Gasteiger partial charge in [0.05, 0.1) is 0 Å². The van der Waals surface area contributed by atoms with Crippen LogP contribution in [0.25, 0.3) is 0 Å². The van der Waals surface area contributed by atoms with Crippen molar-refractivity contribution in [3.63, 3.8) is 0 Å². The molecule has 2 atom stereocenters. The number of primary amides is 1. The van der Waals surface area contributed by atoms with Crippen LogP contribution in [0.4, 0.5) is 4.79 Å². The number of hydrogen-bond acceptors (Lipinski definition) is 2. The Bertz CT molecular complexity index is 262. The molecular formula is C13H28N2O3S. The fraction of sp³-hybridized carbons (Fsp3) is 0.923. The lowest BCUT2D eigenvalue weighted by molar-refractivity contribution is 0.247. The molecule has 0 fully saturated rings. The van der Waals surface area contributed by atoms with Crippen molar-refractivity contribution in [2.24, 2.45) is 5.73 Å². The maximum Gasteiger partial charge on any atom is 0.313 e. The molecule has 0 saturated carbocycles. The van der Waals surface area contributed by atoms with Crippen LogP contribution in [-0.2, 0) is 11.1 Å². The Kier molecular flexibility index (Phi) is 12.0. The molecule has 0 aromatic rings. The molecule has 0 aromatic carbocycles. The highest BCUT2D eigenvalue weighted by Gasteiger charge is 2.15. The standard InChI is InChI=1S/C13H28N2O3S/c1-2-3-4-5-6-7-8-9-10-11-12(19(17)18)15-13(14)16/h12H,2-11H2,1H3,(H,17,18)(H3,14,15,16). The molecule has 5 nitrogen and oxygen atoms in total. The monoisotopic (exact) mass is 292 g/mol. The second-order valence-corrected chi connectivity index (χ2v) is 6.01. The fourth-order valence-corrected chi connectivity index (χ4v) is 2.61. The maximum absolute atomic E-state index is 10.9. The van der Waals surface area contributed by atoms with E-state index in [1.165, 1.54) is 38.5 Å². The van der Waals surface area contributed by atoms with Crippen LogP contribution in [0, 0.1) is 0 Å². The van der Waals surface area contributed by atoms with E-state index in [-0.39, 0.29) is 0 Å². The van der Waals surface area contributed by atoms with Gasteiger partial charge in [-0.1, -0.05) is 64.7 Å². The Morgan fingerprint density at radius 3 is 2.00 bits per heavy atom. The summed E-state index contributed by atoms with van der Waals surface area (Å²) < 4.78 is 19.9. The van der Waals surface area contributed by atoms with E-state index >= 15 is 0 Å². The predicted octanol–water partition coefficient (Wildman–Crippen LogP) is 3.12. The van der Waals surface area contributed by atoms with Crippen molar-refractivity contribution < 1.29 is 13.6 Å². The first-order chi connectivity index (χ1) is 9.07. The third kappa shape index (κ3) is 12.2. The van der Waals surface area contributed by atoms with Gasteiger partial charge in [-0.3, -0.25) is 0 Å². The first kappa shape index (κ1) is 18.4. The SMILES string of the molecule is CCCCCCCCCCCC(NC(N)=O)S(=O)O. The van der Waals surface area contributed by atoms with Gasteiger partial charge in [-0.25, -0.2) is 9.00 Å². The zero-order valence-electron chi connectivity index (χ0n) is 11.9. The molecule has 0 aliphatic carbocycles. The third-order valence-electron chi connectivity index (χ3n) is 3.12. The molecule has 0 saturated heterocycles. The van der Waals surface area contributed by atoms with Gasteiger partial charge in [-0.05, 0) is 6.42 Å². The van der Waals surface area contributed by atoms with Gasteiger partial charge in [0.25, 0.3) is 0 Å². The molecule has 2 unspecified atom stereocenters. The van der Waals surface area contributed by atoms with E-state index in [4.69, 9.17) is 10.3 Å². The molecule has 0 rings (SSSR count). The molecule has 0 spiro atoms. The average molecular weight is 292 g/mol. The summed E-state index contributed by atoms with van der Waals surface area (Å²) in [5, 5.41) is 1.56. The number of nitrogens with one attached hydrogen (secondary N) is 1. The molecule has 0 aromatic heterocycles. The minimum atomic E-state index is -2.05. The van der Waals surface area contributed by atoms with Gasteiger partial charge in [0, 0.05) is 0 Å². The highest BCUT2D eigenvalue weighted by molar-refractivity contribution is 7.79. The van der Waals surface area contributed by atoms with E-state index in [1.807, 2.05) is 0 Å². The van der Waals surface area contributed by atoms with Crippen LogP contribution in [0.15, 0.2) is 0 Å². The fourth-order valence-electron chi connectivity index (χ4n) is 2.02. The van der Waals surface area contributed by atoms with Crippen molar-refractivity contribution in [1.82, 2.24) is 5.32 Å². The highest BCUT2D eigenvalue weighted by Crippen LogP contribution is 2.12. The lowest BCUT2D eigenvalue weighted by Gasteiger charge is -2.13. The van der Waals surface area contributed by atoms with E-state index in [0.717, 1.165) is 19.3 Å². The molecule has 0 radical (unpaired) electrons. The summed E-state index contributed by atoms with van der Waals surface area (Å²) in [6.07, 6.45) is 11.2. The van der Waals surface area contributed by atoms with Gasteiger partial charge >= 0.3 is 6.03 Å². The summed E-state index contributed by atoms with van der Waals surface area (Å²) in [6, 6.07) is -0.747. The number of urea groups is 1. The zero-order valence-corrected chi connectivity index (χ0v) is 12.7. The van der Waals surface area contributed by atoms with Crippen LogP contribution < -0.4 is 11.1 Å². The molecule has 0 aliphatic rings. The second-order valence-electron chi connectivity index (χ2n) is 4.89. The molecule has 19 heavy (non-hydrogen) atoms. The lowest BCUT2D eigenvalue weighted by atomic mass is 10.1. The first-order valence-corrected chi connectivity index (χ1v) is 8.40. The van der Waals surface area contributed by atoms with E-state index in [2.05, 4.69) is 12.2 Å². The van der Waals surface area contributed by atoms with Gasteiger partial charge in [0.2, 0.25) is 0 Å². The van der Waals surface area contributed by atoms with Gasteiger partial charge in [0.15, 0.2) is 11.1 Å². The molecule has 6 heteroatoms. The first-order valence-electron chi connectivity index (χ1n) is 7.23. The second kappa shape index (κ2) is 12.4. The Morgan fingerprint density at radius 1 is 1.11 bits per heavy atom. The van der Waals surface area contributed by atoms with E-state index in [1.54, 1.807) is 0 Å². The maximum atomic E-state index is 10.9. The van der Waals surface area contributed by atoms with Crippen LogP contribution in [0.5, 0.6) is 0 Å².